The van der Waals surface area contributed by atoms with E-state index in [0.29, 0.717) is 32.4 Å². The molecule has 3 aromatic rings. The summed E-state index contributed by atoms with van der Waals surface area (Å²) in [6.45, 7) is 3.89. The average molecular weight is 389 g/mol. The predicted octanol–water partition coefficient (Wildman–Crippen LogP) is 3.55. The molecule has 1 aromatic carbocycles. The Morgan fingerprint density at radius 3 is 2.50 bits per heavy atom. The third-order valence-corrected chi connectivity index (χ3v) is 4.82. The van der Waals surface area contributed by atoms with Gasteiger partial charge in [-0.2, -0.15) is 23.0 Å². The summed E-state index contributed by atoms with van der Waals surface area (Å²) in [7, 11) is 0. The van der Waals surface area contributed by atoms with E-state index >= 15 is 0 Å². The number of halogens is 3. The molecule has 1 saturated heterocycles. The van der Waals surface area contributed by atoms with Crippen LogP contribution in [0.2, 0.25) is 0 Å². The Kier molecular flexibility index (Phi) is 4.44. The van der Waals surface area contributed by atoms with E-state index in [1.807, 2.05) is 37.3 Å². The van der Waals surface area contributed by atoms with Crippen LogP contribution in [0.3, 0.4) is 0 Å². The Balaban J connectivity index is 1.49. The standard InChI is InChI=1S/C19H18F3N5O/c1-13-10-17(15-4-2-3-5-16(15)24-13)25-6-8-26(9-7-25)18(28)27-12-14(11-23-27)19(20,21)22/h2-5,10-12H,6-9H2,1H3. The van der Waals surface area contributed by atoms with Gasteiger partial charge in [0.2, 0.25) is 0 Å². The van der Waals surface area contributed by atoms with E-state index in [1.54, 1.807) is 0 Å². The Morgan fingerprint density at radius 2 is 1.82 bits per heavy atom. The van der Waals surface area contributed by atoms with Crippen LogP contribution in [-0.4, -0.2) is 51.9 Å². The molecule has 0 N–H and O–H groups in total. The number of hydrogen-bond donors (Lipinski definition) is 0. The maximum absolute atomic E-state index is 12.7. The highest BCUT2D eigenvalue weighted by molar-refractivity contribution is 5.92. The first-order chi connectivity index (χ1) is 13.3. The Hall–Kier alpha value is -3.10. The first-order valence-electron chi connectivity index (χ1n) is 8.85. The fourth-order valence-electron chi connectivity index (χ4n) is 3.40. The molecular weight excluding hydrogens is 371 g/mol. The molecule has 28 heavy (non-hydrogen) atoms. The Morgan fingerprint density at radius 1 is 1.11 bits per heavy atom. The van der Waals surface area contributed by atoms with E-state index in [-0.39, 0.29) is 0 Å². The van der Waals surface area contributed by atoms with E-state index in [9.17, 15) is 18.0 Å². The molecule has 1 aliphatic heterocycles. The Bertz CT molecular complexity index is 1020. The van der Waals surface area contributed by atoms with E-state index in [4.69, 9.17) is 0 Å². The quantitative estimate of drug-likeness (QED) is 0.639. The molecule has 4 rings (SSSR count). The number of hydrogen-bond acceptors (Lipinski definition) is 4. The summed E-state index contributed by atoms with van der Waals surface area (Å²) in [6.07, 6.45) is -3.12. The van der Waals surface area contributed by atoms with Crippen LogP contribution in [0, 0.1) is 6.92 Å². The number of piperazine rings is 1. The van der Waals surface area contributed by atoms with Crippen LogP contribution in [0.1, 0.15) is 11.3 Å². The molecule has 0 spiro atoms. The maximum atomic E-state index is 12.7. The van der Waals surface area contributed by atoms with E-state index in [2.05, 4.69) is 15.0 Å². The fraction of sp³-hybridized carbons (Fsp3) is 0.316. The number of aromatic nitrogens is 3. The summed E-state index contributed by atoms with van der Waals surface area (Å²) in [6, 6.07) is 9.33. The molecule has 146 valence electrons. The largest absolute Gasteiger partial charge is 0.419 e. The van der Waals surface area contributed by atoms with E-state index in [0.717, 1.165) is 33.2 Å². The second-order valence-corrected chi connectivity index (χ2v) is 6.73. The van der Waals surface area contributed by atoms with Gasteiger partial charge in [0.15, 0.2) is 0 Å². The lowest BCUT2D eigenvalue weighted by atomic mass is 10.1. The van der Waals surface area contributed by atoms with Crippen LogP contribution in [0.5, 0.6) is 0 Å². The van der Waals surface area contributed by atoms with Gasteiger partial charge in [-0.25, -0.2) is 4.79 Å². The minimum Gasteiger partial charge on any atom is -0.367 e. The van der Waals surface area contributed by atoms with Crippen molar-refractivity contribution in [3.05, 3.63) is 54.0 Å². The fourth-order valence-corrected chi connectivity index (χ4v) is 3.40. The van der Waals surface area contributed by atoms with Crippen molar-refractivity contribution >= 4 is 22.6 Å². The van der Waals surface area contributed by atoms with Gasteiger partial charge >= 0.3 is 12.2 Å². The number of aryl methyl sites for hydroxylation is 1. The molecule has 3 heterocycles. The molecule has 0 radical (unpaired) electrons. The van der Waals surface area contributed by atoms with Crippen molar-refractivity contribution in [1.82, 2.24) is 19.7 Å². The van der Waals surface area contributed by atoms with Crippen molar-refractivity contribution in [2.75, 3.05) is 31.1 Å². The van der Waals surface area contributed by atoms with Gasteiger partial charge in [-0.05, 0) is 19.1 Å². The average Bonchev–Trinajstić information content (AvgIpc) is 3.17. The third-order valence-electron chi connectivity index (χ3n) is 4.82. The topological polar surface area (TPSA) is 54.3 Å². The smallest absolute Gasteiger partial charge is 0.367 e. The van der Waals surface area contributed by atoms with Gasteiger partial charge < -0.3 is 9.80 Å². The van der Waals surface area contributed by atoms with Crippen LogP contribution in [0.25, 0.3) is 10.9 Å². The SMILES string of the molecule is Cc1cc(N2CCN(C(=O)n3cc(C(F)(F)F)cn3)CC2)c2ccccc2n1. The summed E-state index contributed by atoms with van der Waals surface area (Å²) in [5.74, 6) is 0. The van der Waals surface area contributed by atoms with Crippen molar-refractivity contribution in [2.45, 2.75) is 13.1 Å². The van der Waals surface area contributed by atoms with E-state index < -0.39 is 17.8 Å². The highest BCUT2D eigenvalue weighted by Gasteiger charge is 2.33. The van der Waals surface area contributed by atoms with Crippen molar-refractivity contribution in [1.29, 1.82) is 0 Å². The molecule has 0 bridgehead atoms. The molecule has 1 fully saturated rings. The lowest BCUT2D eigenvalue weighted by Crippen LogP contribution is -2.50. The number of fused-ring (bicyclic) bond motifs is 1. The van der Waals surface area contributed by atoms with Crippen LogP contribution in [-0.2, 0) is 6.18 Å². The number of rotatable bonds is 1. The lowest BCUT2D eigenvalue weighted by Gasteiger charge is -2.36. The zero-order chi connectivity index (χ0) is 19.9. The second-order valence-electron chi connectivity index (χ2n) is 6.73. The van der Waals surface area contributed by atoms with Crippen LogP contribution in [0.4, 0.5) is 23.7 Å². The maximum Gasteiger partial charge on any atom is 0.419 e. The van der Waals surface area contributed by atoms with Gasteiger partial charge in [-0.1, -0.05) is 18.2 Å². The monoisotopic (exact) mass is 389 g/mol. The first-order valence-corrected chi connectivity index (χ1v) is 8.85. The normalized spacial score (nSPS) is 15.3. The zero-order valence-corrected chi connectivity index (χ0v) is 15.1. The third kappa shape index (κ3) is 3.39. The van der Waals surface area contributed by atoms with E-state index in [1.165, 1.54) is 4.90 Å². The minimum absolute atomic E-state index is 0.399. The summed E-state index contributed by atoms with van der Waals surface area (Å²) in [4.78, 5) is 20.7. The minimum atomic E-state index is -4.52. The van der Waals surface area contributed by atoms with Crippen LogP contribution < -0.4 is 4.90 Å². The number of carbonyl (C=O) groups is 1. The molecule has 1 amide bonds. The number of nitrogens with zero attached hydrogens (tertiary/aromatic N) is 5. The van der Waals surface area contributed by atoms with Gasteiger partial charge in [-0.15, -0.1) is 0 Å². The number of pyridine rings is 1. The van der Waals surface area contributed by atoms with Gasteiger partial charge in [0.25, 0.3) is 0 Å². The number of carbonyl (C=O) groups excluding carboxylic acids is 1. The van der Waals surface area contributed by atoms with Gasteiger partial charge in [0, 0.05) is 49.1 Å². The Labute approximate surface area is 159 Å². The number of alkyl halides is 3. The summed E-state index contributed by atoms with van der Waals surface area (Å²) < 4.78 is 38.9. The molecule has 2 aromatic heterocycles. The summed E-state index contributed by atoms with van der Waals surface area (Å²) in [5, 5.41) is 4.61. The van der Waals surface area contributed by atoms with Crippen LogP contribution in [0.15, 0.2) is 42.7 Å². The van der Waals surface area contributed by atoms with Crippen molar-refractivity contribution in [3.63, 3.8) is 0 Å². The molecule has 9 heteroatoms. The van der Waals surface area contributed by atoms with Crippen molar-refractivity contribution in [2.24, 2.45) is 0 Å². The summed E-state index contributed by atoms with van der Waals surface area (Å²) in [5.41, 5.74) is 1.93. The predicted molar refractivity (Wildman–Crippen MR) is 98.3 cm³/mol. The number of benzene rings is 1. The first kappa shape index (κ1) is 18.3. The molecule has 1 aliphatic rings. The zero-order valence-electron chi connectivity index (χ0n) is 15.1. The molecule has 0 unspecified atom stereocenters. The number of para-hydroxylation sites is 1. The summed E-state index contributed by atoms with van der Waals surface area (Å²) >= 11 is 0. The molecule has 0 saturated carbocycles. The molecule has 0 atom stereocenters. The van der Waals surface area contributed by atoms with Crippen molar-refractivity contribution in [3.8, 4) is 0 Å². The highest BCUT2D eigenvalue weighted by atomic mass is 19.4. The molecule has 6 nitrogen and oxygen atoms in total. The number of amides is 1. The highest BCUT2D eigenvalue weighted by Crippen LogP contribution is 2.29. The number of anilines is 1. The van der Waals surface area contributed by atoms with Gasteiger partial charge in [-0.3, -0.25) is 4.98 Å². The molecule has 0 aliphatic carbocycles. The lowest BCUT2D eigenvalue weighted by molar-refractivity contribution is -0.137. The van der Waals surface area contributed by atoms with Gasteiger partial charge in [0.05, 0.1) is 17.3 Å². The van der Waals surface area contributed by atoms with Gasteiger partial charge in [0.1, 0.15) is 0 Å². The van der Waals surface area contributed by atoms with Crippen molar-refractivity contribution < 1.29 is 18.0 Å². The molecular formula is C19H18F3N5O. The second kappa shape index (κ2) is 6.81. The van der Waals surface area contributed by atoms with Crippen LogP contribution >= 0.6 is 0 Å².